The molecule has 4 rings (SSSR count). The first kappa shape index (κ1) is 14.1. The molecule has 2 aromatic rings. The van der Waals surface area contributed by atoms with E-state index in [4.69, 9.17) is 0 Å². The predicted octanol–water partition coefficient (Wildman–Crippen LogP) is 3.48. The lowest BCUT2D eigenvalue weighted by atomic mass is 10.0. The quantitative estimate of drug-likeness (QED) is 0.943. The Labute approximate surface area is 136 Å². The van der Waals surface area contributed by atoms with Crippen molar-refractivity contribution in [2.75, 3.05) is 24.3 Å². The van der Waals surface area contributed by atoms with Crippen LogP contribution in [-0.4, -0.2) is 30.9 Å². The van der Waals surface area contributed by atoms with Gasteiger partial charge in [0.05, 0.1) is 5.56 Å². The molecule has 1 heterocycles. The van der Waals surface area contributed by atoms with Crippen LogP contribution in [0, 0.1) is 0 Å². The van der Waals surface area contributed by atoms with Gasteiger partial charge in [-0.25, -0.2) is 0 Å². The smallest absolute Gasteiger partial charge is 0.258 e. The van der Waals surface area contributed by atoms with Gasteiger partial charge in [0.2, 0.25) is 0 Å². The maximum absolute atomic E-state index is 12.9. The molecule has 1 aliphatic carbocycles. The molecule has 118 valence electrons. The van der Waals surface area contributed by atoms with Gasteiger partial charge >= 0.3 is 0 Å². The third kappa shape index (κ3) is 2.44. The Morgan fingerprint density at radius 2 is 1.74 bits per heavy atom. The molecule has 1 aliphatic heterocycles. The molecule has 1 amide bonds. The number of carbonyl (C=O) groups is 1. The van der Waals surface area contributed by atoms with E-state index in [1.807, 2.05) is 43.3 Å². The first-order valence-electron chi connectivity index (χ1n) is 8.10. The van der Waals surface area contributed by atoms with Gasteiger partial charge in [0.1, 0.15) is 6.17 Å². The Hall–Kier alpha value is -2.49. The van der Waals surface area contributed by atoms with Gasteiger partial charge in [-0.15, -0.1) is 0 Å². The Balaban J connectivity index is 1.73. The van der Waals surface area contributed by atoms with Crippen LogP contribution >= 0.6 is 0 Å². The van der Waals surface area contributed by atoms with Crippen LogP contribution < -0.4 is 10.2 Å². The highest BCUT2D eigenvalue weighted by molar-refractivity contribution is 6.02. The zero-order chi connectivity index (χ0) is 16.0. The summed E-state index contributed by atoms with van der Waals surface area (Å²) < 4.78 is 0. The van der Waals surface area contributed by atoms with Crippen molar-refractivity contribution >= 4 is 17.3 Å². The number of para-hydroxylation sites is 1. The minimum Gasteiger partial charge on any atom is -0.378 e. The van der Waals surface area contributed by atoms with Crippen molar-refractivity contribution in [1.29, 1.82) is 0 Å². The number of benzene rings is 2. The van der Waals surface area contributed by atoms with E-state index in [-0.39, 0.29) is 12.1 Å². The maximum Gasteiger partial charge on any atom is 0.258 e. The summed E-state index contributed by atoms with van der Waals surface area (Å²) in [4.78, 5) is 17.0. The highest BCUT2D eigenvalue weighted by Crippen LogP contribution is 2.40. The number of rotatable bonds is 3. The van der Waals surface area contributed by atoms with Gasteiger partial charge < -0.3 is 15.1 Å². The molecule has 4 heteroatoms. The molecule has 1 N–H and O–H groups in total. The molecule has 0 unspecified atom stereocenters. The van der Waals surface area contributed by atoms with Crippen LogP contribution in [0.15, 0.2) is 48.5 Å². The van der Waals surface area contributed by atoms with E-state index in [2.05, 4.69) is 34.5 Å². The van der Waals surface area contributed by atoms with Gasteiger partial charge in [-0.2, -0.15) is 0 Å². The summed E-state index contributed by atoms with van der Waals surface area (Å²) in [5, 5.41) is 3.56. The number of hydrogen-bond donors (Lipinski definition) is 1. The number of fused-ring (bicyclic) bond motifs is 1. The molecule has 2 aliphatic rings. The lowest BCUT2D eigenvalue weighted by Crippen LogP contribution is -2.44. The van der Waals surface area contributed by atoms with E-state index >= 15 is 0 Å². The molecule has 2 aromatic carbocycles. The molecule has 0 aromatic heterocycles. The summed E-state index contributed by atoms with van der Waals surface area (Å²) in [6, 6.07) is 16.6. The predicted molar refractivity (Wildman–Crippen MR) is 92.8 cm³/mol. The van der Waals surface area contributed by atoms with Crippen LogP contribution in [0.5, 0.6) is 0 Å². The molecular formula is C19H21N3O. The lowest BCUT2D eigenvalue weighted by Gasteiger charge is -2.38. The Morgan fingerprint density at radius 1 is 1.04 bits per heavy atom. The van der Waals surface area contributed by atoms with Gasteiger partial charge in [0.15, 0.2) is 0 Å². The van der Waals surface area contributed by atoms with Crippen LogP contribution in [0.1, 0.15) is 34.9 Å². The number of hydrogen-bond acceptors (Lipinski definition) is 3. The van der Waals surface area contributed by atoms with Crippen LogP contribution in [0.4, 0.5) is 11.4 Å². The number of amides is 1. The average molecular weight is 307 g/mol. The monoisotopic (exact) mass is 307 g/mol. The van der Waals surface area contributed by atoms with E-state index in [0.717, 1.165) is 35.3 Å². The van der Waals surface area contributed by atoms with E-state index in [0.29, 0.717) is 6.04 Å². The summed E-state index contributed by atoms with van der Waals surface area (Å²) in [7, 11) is 4.06. The second-order valence-corrected chi connectivity index (χ2v) is 6.52. The fourth-order valence-electron chi connectivity index (χ4n) is 3.20. The Kier molecular flexibility index (Phi) is 3.26. The molecule has 1 atom stereocenters. The van der Waals surface area contributed by atoms with Crippen LogP contribution in [0.25, 0.3) is 0 Å². The molecule has 0 spiro atoms. The summed E-state index contributed by atoms with van der Waals surface area (Å²) in [5.74, 6) is 0.142. The standard InChI is InChI=1S/C19H21N3O/c1-21(2)14-9-7-13(8-10-14)18-20-17-6-4-3-5-16(17)19(23)22(18)15-11-12-15/h3-10,15,18,20H,11-12H2,1-2H3/t18-/m1/s1. The van der Waals surface area contributed by atoms with E-state index in [1.54, 1.807) is 0 Å². The van der Waals surface area contributed by atoms with Crippen LogP contribution in [0.2, 0.25) is 0 Å². The zero-order valence-electron chi connectivity index (χ0n) is 13.5. The second kappa shape index (κ2) is 5.30. The van der Waals surface area contributed by atoms with Gasteiger partial charge in [0.25, 0.3) is 5.91 Å². The molecule has 0 radical (unpaired) electrons. The van der Waals surface area contributed by atoms with E-state index < -0.39 is 0 Å². The van der Waals surface area contributed by atoms with Crippen LogP contribution in [0.3, 0.4) is 0 Å². The highest BCUT2D eigenvalue weighted by atomic mass is 16.2. The van der Waals surface area contributed by atoms with E-state index in [9.17, 15) is 4.79 Å². The summed E-state index contributed by atoms with van der Waals surface area (Å²) in [6.07, 6.45) is 2.12. The van der Waals surface area contributed by atoms with Crippen molar-refractivity contribution in [3.05, 3.63) is 59.7 Å². The van der Waals surface area contributed by atoms with Crippen molar-refractivity contribution in [3.63, 3.8) is 0 Å². The molecule has 1 saturated carbocycles. The summed E-state index contributed by atoms with van der Waals surface area (Å²) in [6.45, 7) is 0. The lowest BCUT2D eigenvalue weighted by molar-refractivity contribution is 0.0666. The molecular weight excluding hydrogens is 286 g/mol. The molecule has 1 fully saturated rings. The average Bonchev–Trinajstić information content (AvgIpc) is 3.39. The summed E-state index contributed by atoms with van der Waals surface area (Å²) in [5.41, 5.74) is 4.00. The first-order valence-corrected chi connectivity index (χ1v) is 8.10. The van der Waals surface area contributed by atoms with Crippen molar-refractivity contribution in [2.45, 2.75) is 25.0 Å². The van der Waals surface area contributed by atoms with Gasteiger partial charge in [0, 0.05) is 31.5 Å². The van der Waals surface area contributed by atoms with E-state index in [1.165, 1.54) is 0 Å². The van der Waals surface area contributed by atoms with Crippen molar-refractivity contribution in [3.8, 4) is 0 Å². The second-order valence-electron chi connectivity index (χ2n) is 6.52. The molecule has 0 bridgehead atoms. The summed E-state index contributed by atoms with van der Waals surface area (Å²) >= 11 is 0. The molecule has 0 saturated heterocycles. The number of anilines is 2. The first-order chi connectivity index (χ1) is 11.1. The fraction of sp³-hybridized carbons (Fsp3) is 0.316. The van der Waals surface area contributed by atoms with Crippen molar-refractivity contribution < 1.29 is 4.79 Å². The van der Waals surface area contributed by atoms with Gasteiger partial charge in [-0.1, -0.05) is 24.3 Å². The molecule has 23 heavy (non-hydrogen) atoms. The van der Waals surface area contributed by atoms with Crippen molar-refractivity contribution in [1.82, 2.24) is 4.90 Å². The topological polar surface area (TPSA) is 35.6 Å². The highest BCUT2D eigenvalue weighted by Gasteiger charge is 2.41. The SMILES string of the molecule is CN(C)c1ccc([C@@H]2Nc3ccccc3C(=O)N2C2CC2)cc1. The number of carbonyl (C=O) groups excluding carboxylic acids is 1. The maximum atomic E-state index is 12.9. The third-order valence-corrected chi connectivity index (χ3v) is 4.63. The third-order valence-electron chi connectivity index (χ3n) is 4.63. The van der Waals surface area contributed by atoms with Gasteiger partial charge in [-0.05, 0) is 42.7 Å². The Bertz CT molecular complexity index is 735. The zero-order valence-corrected chi connectivity index (χ0v) is 13.5. The van der Waals surface area contributed by atoms with Crippen LogP contribution in [-0.2, 0) is 0 Å². The number of nitrogens with one attached hydrogen (secondary N) is 1. The largest absolute Gasteiger partial charge is 0.378 e. The van der Waals surface area contributed by atoms with Crippen molar-refractivity contribution in [2.24, 2.45) is 0 Å². The number of nitrogens with zero attached hydrogens (tertiary/aromatic N) is 2. The fourth-order valence-corrected chi connectivity index (χ4v) is 3.20. The normalized spacial score (nSPS) is 20.0. The van der Waals surface area contributed by atoms with Gasteiger partial charge in [-0.3, -0.25) is 4.79 Å². The minimum absolute atomic E-state index is 0.0823. The Morgan fingerprint density at radius 3 is 2.39 bits per heavy atom. The molecule has 4 nitrogen and oxygen atoms in total. The minimum atomic E-state index is -0.0823.